The molecule has 4 heteroatoms. The van der Waals surface area contributed by atoms with E-state index in [4.69, 9.17) is 5.73 Å². The number of benzene rings is 1. The Morgan fingerprint density at radius 2 is 2.05 bits per heavy atom. The van der Waals surface area contributed by atoms with Gasteiger partial charge < -0.3 is 5.73 Å². The summed E-state index contributed by atoms with van der Waals surface area (Å²) >= 11 is 3.29. The van der Waals surface area contributed by atoms with E-state index in [-0.39, 0.29) is 23.6 Å². The molecule has 0 fully saturated rings. The van der Waals surface area contributed by atoms with Gasteiger partial charge in [-0.05, 0) is 37.5 Å². The third-order valence-corrected chi connectivity index (χ3v) is 3.96. The second-order valence-electron chi connectivity index (χ2n) is 5.19. The summed E-state index contributed by atoms with van der Waals surface area (Å²) in [4.78, 5) is 12.1. The van der Waals surface area contributed by atoms with Crippen molar-refractivity contribution in [2.45, 2.75) is 45.6 Å². The first kappa shape index (κ1) is 16.3. The number of ketones is 1. The second kappa shape index (κ2) is 7.75. The molecule has 2 atom stereocenters. The van der Waals surface area contributed by atoms with Crippen molar-refractivity contribution in [3.05, 3.63) is 34.1 Å². The Balaban J connectivity index is 2.49. The normalized spacial score (nSPS) is 14.2. The van der Waals surface area contributed by atoms with Gasteiger partial charge in [-0.1, -0.05) is 35.3 Å². The minimum atomic E-state index is -0.298. The fraction of sp³-hybridized carbons (Fsp3) is 0.533. The van der Waals surface area contributed by atoms with Crippen LogP contribution in [0.1, 0.15) is 38.7 Å². The van der Waals surface area contributed by atoms with Gasteiger partial charge in [-0.2, -0.15) is 0 Å². The van der Waals surface area contributed by atoms with Gasteiger partial charge in [0.25, 0.3) is 0 Å². The van der Waals surface area contributed by atoms with Crippen molar-refractivity contribution >= 4 is 21.7 Å². The minimum Gasteiger partial charge on any atom is -0.328 e. The molecule has 0 radical (unpaired) electrons. The topological polar surface area (TPSA) is 43.1 Å². The zero-order valence-electron chi connectivity index (χ0n) is 11.5. The Labute approximate surface area is 122 Å². The van der Waals surface area contributed by atoms with Gasteiger partial charge in [-0.25, -0.2) is 4.39 Å². The van der Waals surface area contributed by atoms with Gasteiger partial charge in [-0.15, -0.1) is 0 Å². The Bertz CT molecular complexity index is 434. The lowest BCUT2D eigenvalue weighted by Crippen LogP contribution is -2.17. The fourth-order valence-electron chi connectivity index (χ4n) is 1.93. The zero-order chi connectivity index (χ0) is 14.4. The smallest absolute Gasteiger partial charge is 0.140 e. The van der Waals surface area contributed by atoms with E-state index in [1.54, 1.807) is 6.07 Å². The molecule has 2 unspecified atom stereocenters. The second-order valence-corrected chi connectivity index (χ2v) is 6.04. The molecule has 1 aromatic carbocycles. The first-order valence-corrected chi connectivity index (χ1v) is 7.41. The molecule has 1 aromatic rings. The Morgan fingerprint density at radius 3 is 2.63 bits per heavy atom. The first-order valence-electron chi connectivity index (χ1n) is 6.62. The number of Topliss-reactive ketones (excluding diaryl/α,β-unsaturated/α-hetero) is 1. The van der Waals surface area contributed by atoms with Crippen LogP contribution in [0.2, 0.25) is 0 Å². The van der Waals surface area contributed by atoms with Gasteiger partial charge in [0.2, 0.25) is 0 Å². The third-order valence-electron chi connectivity index (χ3n) is 3.23. The number of nitrogens with two attached hydrogens (primary N) is 1. The summed E-state index contributed by atoms with van der Waals surface area (Å²) in [5, 5.41) is 0. The molecule has 0 saturated carbocycles. The van der Waals surface area contributed by atoms with Crippen LogP contribution in [0.4, 0.5) is 4.39 Å². The van der Waals surface area contributed by atoms with Gasteiger partial charge in [0.15, 0.2) is 0 Å². The van der Waals surface area contributed by atoms with Gasteiger partial charge >= 0.3 is 0 Å². The third kappa shape index (κ3) is 5.83. The molecule has 0 aliphatic rings. The van der Waals surface area contributed by atoms with Crippen molar-refractivity contribution in [1.29, 1.82) is 0 Å². The largest absolute Gasteiger partial charge is 0.328 e. The maximum absolute atomic E-state index is 13.0. The number of carbonyl (C=O) groups excluding carboxylic acids is 1. The predicted molar refractivity (Wildman–Crippen MR) is 79.5 cm³/mol. The van der Waals surface area contributed by atoms with E-state index in [1.165, 1.54) is 12.1 Å². The van der Waals surface area contributed by atoms with Crippen molar-refractivity contribution in [2.24, 2.45) is 11.7 Å². The van der Waals surface area contributed by atoms with Crippen molar-refractivity contribution in [1.82, 2.24) is 0 Å². The molecule has 1 rings (SSSR count). The van der Waals surface area contributed by atoms with Crippen LogP contribution in [-0.4, -0.2) is 11.8 Å². The predicted octanol–water partition coefficient (Wildman–Crippen LogP) is 3.85. The lowest BCUT2D eigenvalue weighted by molar-refractivity contribution is -0.121. The van der Waals surface area contributed by atoms with E-state index in [1.807, 2.05) is 13.8 Å². The molecule has 0 spiro atoms. The average molecular weight is 330 g/mol. The number of hydrogen-bond acceptors (Lipinski definition) is 2. The zero-order valence-corrected chi connectivity index (χ0v) is 13.0. The number of halogens is 2. The highest BCUT2D eigenvalue weighted by Crippen LogP contribution is 2.21. The first-order chi connectivity index (χ1) is 8.90. The van der Waals surface area contributed by atoms with Crippen molar-refractivity contribution in [3.8, 4) is 0 Å². The summed E-state index contributed by atoms with van der Waals surface area (Å²) < 4.78 is 13.6. The highest BCUT2D eigenvalue weighted by molar-refractivity contribution is 9.10. The van der Waals surface area contributed by atoms with Crippen LogP contribution in [-0.2, 0) is 11.2 Å². The molecule has 0 saturated heterocycles. The van der Waals surface area contributed by atoms with Crippen LogP contribution in [0.15, 0.2) is 22.7 Å². The maximum atomic E-state index is 13.0. The monoisotopic (exact) mass is 329 g/mol. The van der Waals surface area contributed by atoms with Crippen LogP contribution < -0.4 is 5.73 Å². The maximum Gasteiger partial charge on any atom is 0.140 e. The summed E-state index contributed by atoms with van der Waals surface area (Å²) in [5.74, 6) is -0.0826. The summed E-state index contributed by atoms with van der Waals surface area (Å²) in [5.41, 5.74) is 6.52. The number of carbonyl (C=O) groups is 1. The molecule has 19 heavy (non-hydrogen) atoms. The highest BCUT2D eigenvalue weighted by atomic mass is 79.9. The molecule has 106 valence electrons. The fourth-order valence-corrected chi connectivity index (χ4v) is 2.43. The van der Waals surface area contributed by atoms with Gasteiger partial charge in [-0.3, -0.25) is 4.79 Å². The molecule has 0 aliphatic carbocycles. The molecule has 2 nitrogen and oxygen atoms in total. The van der Waals surface area contributed by atoms with Crippen molar-refractivity contribution in [2.75, 3.05) is 0 Å². The molecule has 2 N–H and O–H groups in total. The van der Waals surface area contributed by atoms with Gasteiger partial charge in [0, 0.05) is 22.9 Å². The van der Waals surface area contributed by atoms with E-state index >= 15 is 0 Å². The Kier molecular flexibility index (Phi) is 6.66. The average Bonchev–Trinajstić information content (AvgIpc) is 2.32. The molecule has 0 aromatic heterocycles. The van der Waals surface area contributed by atoms with Crippen LogP contribution >= 0.6 is 15.9 Å². The summed E-state index contributed by atoms with van der Waals surface area (Å²) in [6.45, 7) is 3.92. The standard InChI is InChI=1S/C15H21BrFNO/c1-10(4-3-5-11(2)18)15(19)8-12-6-7-13(17)9-14(12)16/h6-7,9-11H,3-5,8,18H2,1-2H3. The van der Waals surface area contributed by atoms with Crippen LogP contribution in [0, 0.1) is 11.7 Å². The highest BCUT2D eigenvalue weighted by Gasteiger charge is 2.15. The van der Waals surface area contributed by atoms with E-state index in [9.17, 15) is 9.18 Å². The number of hydrogen-bond donors (Lipinski definition) is 1. The lowest BCUT2D eigenvalue weighted by Gasteiger charge is -2.12. The Hall–Kier alpha value is -0.740. The molecular formula is C15H21BrFNO. The minimum absolute atomic E-state index is 0.0238. The molecule has 0 heterocycles. The number of rotatable bonds is 7. The molecule has 0 amide bonds. The van der Waals surface area contributed by atoms with Gasteiger partial charge in [0.05, 0.1) is 0 Å². The molecule has 0 aliphatic heterocycles. The summed E-state index contributed by atoms with van der Waals surface area (Å²) in [6, 6.07) is 4.62. The van der Waals surface area contributed by atoms with E-state index < -0.39 is 0 Å². The SMILES string of the molecule is CC(N)CCCC(C)C(=O)Cc1ccc(F)cc1Br. The summed E-state index contributed by atoms with van der Waals surface area (Å²) in [7, 11) is 0. The van der Waals surface area contributed by atoms with Crippen LogP contribution in [0.25, 0.3) is 0 Å². The van der Waals surface area contributed by atoms with E-state index in [0.717, 1.165) is 24.8 Å². The van der Waals surface area contributed by atoms with Crippen LogP contribution in [0.3, 0.4) is 0 Å². The lowest BCUT2D eigenvalue weighted by atomic mass is 9.94. The molecular weight excluding hydrogens is 309 g/mol. The Morgan fingerprint density at radius 1 is 1.37 bits per heavy atom. The van der Waals surface area contributed by atoms with E-state index in [0.29, 0.717) is 10.9 Å². The van der Waals surface area contributed by atoms with Crippen molar-refractivity contribution < 1.29 is 9.18 Å². The molecule has 0 bridgehead atoms. The summed E-state index contributed by atoms with van der Waals surface area (Å²) in [6.07, 6.45) is 3.12. The van der Waals surface area contributed by atoms with Crippen LogP contribution in [0.5, 0.6) is 0 Å². The van der Waals surface area contributed by atoms with Gasteiger partial charge in [0.1, 0.15) is 11.6 Å². The quantitative estimate of drug-likeness (QED) is 0.825. The van der Waals surface area contributed by atoms with Crippen molar-refractivity contribution in [3.63, 3.8) is 0 Å². The van der Waals surface area contributed by atoms with E-state index in [2.05, 4.69) is 15.9 Å².